The van der Waals surface area contributed by atoms with Crippen molar-refractivity contribution in [2.45, 2.75) is 13.5 Å². The number of anilines is 3. The molecule has 0 bridgehead atoms. The van der Waals surface area contributed by atoms with Crippen LogP contribution in [0.1, 0.15) is 6.92 Å². The van der Waals surface area contributed by atoms with E-state index in [9.17, 15) is 22.8 Å². The van der Waals surface area contributed by atoms with Crippen molar-refractivity contribution in [3.8, 4) is 11.1 Å². The van der Waals surface area contributed by atoms with Gasteiger partial charge in [0.15, 0.2) is 0 Å². The number of amides is 2. The van der Waals surface area contributed by atoms with Crippen LogP contribution in [0, 0.1) is 17.5 Å². The van der Waals surface area contributed by atoms with Crippen LogP contribution in [0.5, 0.6) is 0 Å². The number of fused-ring (bicyclic) bond motifs is 1. The summed E-state index contributed by atoms with van der Waals surface area (Å²) >= 11 is 0. The molecule has 0 aliphatic heterocycles. The standard InChI is InChI=1S/C24H20F3N5O2/c1-3-32-21-11-22(28-2)29-12-13(21)8-17(23(32)33)16-9-20(19(27)10-18(16)26)31-24(34)30-15-6-4-14(25)5-7-15/h4-12H,3H2,1-2H3,(H,28,29)(H2,30,31,34). The lowest BCUT2D eigenvalue weighted by atomic mass is 10.0. The zero-order valence-electron chi connectivity index (χ0n) is 18.2. The first-order valence-corrected chi connectivity index (χ1v) is 10.3. The molecule has 4 aromatic rings. The number of rotatable bonds is 5. The van der Waals surface area contributed by atoms with E-state index in [2.05, 4.69) is 20.9 Å². The summed E-state index contributed by atoms with van der Waals surface area (Å²) in [7, 11) is 1.70. The van der Waals surface area contributed by atoms with E-state index in [-0.39, 0.29) is 22.5 Å². The van der Waals surface area contributed by atoms with Gasteiger partial charge in [-0.1, -0.05) is 0 Å². The van der Waals surface area contributed by atoms with Crippen molar-refractivity contribution < 1.29 is 18.0 Å². The molecule has 0 spiro atoms. The number of nitrogens with zero attached hydrogens (tertiary/aromatic N) is 2. The summed E-state index contributed by atoms with van der Waals surface area (Å²) in [5, 5.41) is 8.21. The number of halogens is 3. The van der Waals surface area contributed by atoms with E-state index in [4.69, 9.17) is 0 Å². The maximum absolute atomic E-state index is 14.8. The fourth-order valence-corrected chi connectivity index (χ4v) is 3.59. The van der Waals surface area contributed by atoms with E-state index in [1.54, 1.807) is 26.2 Å². The van der Waals surface area contributed by atoms with Gasteiger partial charge in [-0.3, -0.25) is 4.79 Å². The first-order chi connectivity index (χ1) is 16.3. The maximum Gasteiger partial charge on any atom is 0.323 e. The van der Waals surface area contributed by atoms with Gasteiger partial charge in [0.05, 0.1) is 16.8 Å². The number of aromatic nitrogens is 2. The monoisotopic (exact) mass is 467 g/mol. The van der Waals surface area contributed by atoms with Gasteiger partial charge in [-0.15, -0.1) is 0 Å². The summed E-state index contributed by atoms with van der Waals surface area (Å²) in [5.74, 6) is -1.90. The van der Waals surface area contributed by atoms with Crippen molar-refractivity contribution in [2.24, 2.45) is 0 Å². The minimum atomic E-state index is -1.02. The van der Waals surface area contributed by atoms with Crippen molar-refractivity contribution in [1.82, 2.24) is 9.55 Å². The van der Waals surface area contributed by atoms with Gasteiger partial charge >= 0.3 is 6.03 Å². The van der Waals surface area contributed by atoms with Crippen LogP contribution in [0.15, 0.2) is 59.5 Å². The number of benzene rings is 2. The summed E-state index contributed by atoms with van der Waals surface area (Å²) in [6.45, 7) is 2.09. The molecule has 0 aliphatic rings. The van der Waals surface area contributed by atoms with Crippen molar-refractivity contribution >= 4 is 34.1 Å². The molecule has 10 heteroatoms. The normalized spacial score (nSPS) is 10.9. The van der Waals surface area contributed by atoms with Gasteiger partial charge in [-0.05, 0) is 43.3 Å². The summed E-state index contributed by atoms with van der Waals surface area (Å²) in [5.41, 5.74) is -0.110. The second kappa shape index (κ2) is 9.26. The number of hydrogen-bond acceptors (Lipinski definition) is 4. The van der Waals surface area contributed by atoms with Gasteiger partial charge < -0.3 is 20.5 Å². The average Bonchev–Trinajstić information content (AvgIpc) is 2.82. The molecular formula is C24H20F3N5O2. The van der Waals surface area contributed by atoms with Crippen molar-refractivity contribution in [2.75, 3.05) is 23.0 Å². The second-order valence-corrected chi connectivity index (χ2v) is 7.38. The molecule has 174 valence electrons. The lowest BCUT2D eigenvalue weighted by Crippen LogP contribution is -2.22. The molecule has 0 aliphatic carbocycles. The van der Waals surface area contributed by atoms with Crippen LogP contribution in [-0.2, 0) is 6.54 Å². The van der Waals surface area contributed by atoms with E-state index in [1.165, 1.54) is 22.8 Å². The van der Waals surface area contributed by atoms with Crippen LogP contribution >= 0.6 is 0 Å². The summed E-state index contributed by atoms with van der Waals surface area (Å²) < 4.78 is 43.7. The molecule has 4 rings (SSSR count). The molecule has 3 N–H and O–H groups in total. The molecule has 0 fully saturated rings. The Kier molecular flexibility index (Phi) is 6.22. The van der Waals surface area contributed by atoms with Crippen LogP contribution in [0.3, 0.4) is 0 Å². The van der Waals surface area contributed by atoms with Crippen LogP contribution < -0.4 is 21.5 Å². The van der Waals surface area contributed by atoms with Crippen LogP contribution in [0.25, 0.3) is 22.0 Å². The first-order valence-electron chi connectivity index (χ1n) is 10.3. The van der Waals surface area contributed by atoms with Crippen molar-refractivity contribution in [3.05, 3.63) is 82.5 Å². The molecule has 2 amide bonds. The molecule has 0 unspecified atom stereocenters. The highest BCUT2D eigenvalue weighted by atomic mass is 19.1. The Balaban J connectivity index is 1.74. The van der Waals surface area contributed by atoms with Crippen molar-refractivity contribution in [3.63, 3.8) is 0 Å². The van der Waals surface area contributed by atoms with Gasteiger partial charge in [0.25, 0.3) is 5.56 Å². The largest absolute Gasteiger partial charge is 0.373 e. The van der Waals surface area contributed by atoms with Crippen LogP contribution in [0.4, 0.5) is 35.2 Å². The third kappa shape index (κ3) is 4.42. The molecular weight excluding hydrogens is 447 g/mol. The predicted octanol–water partition coefficient (Wildman–Crippen LogP) is 5.19. The average molecular weight is 467 g/mol. The first kappa shape index (κ1) is 22.8. The number of aryl methyl sites for hydroxylation is 1. The summed E-state index contributed by atoms with van der Waals surface area (Å²) in [6.07, 6.45) is 1.55. The number of carbonyl (C=O) groups excluding carboxylic acids is 1. The van der Waals surface area contributed by atoms with Gasteiger partial charge in [-0.25, -0.2) is 22.9 Å². The zero-order valence-corrected chi connectivity index (χ0v) is 18.2. The quantitative estimate of drug-likeness (QED) is 0.377. The predicted molar refractivity (Wildman–Crippen MR) is 126 cm³/mol. The van der Waals surface area contributed by atoms with Crippen molar-refractivity contribution in [1.29, 1.82) is 0 Å². The zero-order chi connectivity index (χ0) is 24.4. The molecule has 34 heavy (non-hydrogen) atoms. The minimum Gasteiger partial charge on any atom is -0.373 e. The lowest BCUT2D eigenvalue weighted by Gasteiger charge is -2.14. The van der Waals surface area contributed by atoms with Crippen LogP contribution in [-0.4, -0.2) is 22.6 Å². The Labute approximate surface area is 192 Å². The third-order valence-corrected chi connectivity index (χ3v) is 5.25. The Hall–Kier alpha value is -4.34. The highest BCUT2D eigenvalue weighted by molar-refractivity contribution is 6.00. The van der Waals surface area contributed by atoms with E-state index >= 15 is 0 Å². The fraction of sp³-hybridized carbons (Fsp3) is 0.125. The number of carbonyl (C=O) groups is 1. The second-order valence-electron chi connectivity index (χ2n) is 7.38. The van der Waals surface area contributed by atoms with E-state index < -0.39 is 29.0 Å². The number of urea groups is 1. The molecule has 2 aromatic carbocycles. The Morgan fingerprint density at radius 2 is 1.71 bits per heavy atom. The molecule has 0 saturated heterocycles. The van der Waals surface area contributed by atoms with E-state index in [1.807, 2.05) is 0 Å². The third-order valence-electron chi connectivity index (χ3n) is 5.25. The Morgan fingerprint density at radius 3 is 2.38 bits per heavy atom. The highest BCUT2D eigenvalue weighted by Crippen LogP contribution is 2.29. The van der Waals surface area contributed by atoms with E-state index in [0.29, 0.717) is 29.3 Å². The summed E-state index contributed by atoms with van der Waals surface area (Å²) in [6, 6.07) is 8.99. The van der Waals surface area contributed by atoms with E-state index in [0.717, 1.165) is 18.2 Å². The van der Waals surface area contributed by atoms with Gasteiger partial charge in [0, 0.05) is 48.6 Å². The number of hydrogen-bond donors (Lipinski definition) is 3. The lowest BCUT2D eigenvalue weighted by molar-refractivity contribution is 0.262. The minimum absolute atomic E-state index is 0.00662. The summed E-state index contributed by atoms with van der Waals surface area (Å²) in [4.78, 5) is 29.7. The smallest absolute Gasteiger partial charge is 0.323 e. The molecule has 2 aromatic heterocycles. The highest BCUT2D eigenvalue weighted by Gasteiger charge is 2.18. The number of nitrogens with one attached hydrogen (secondary N) is 3. The van der Waals surface area contributed by atoms with Gasteiger partial charge in [0.2, 0.25) is 0 Å². The van der Waals surface area contributed by atoms with Crippen LogP contribution in [0.2, 0.25) is 0 Å². The molecule has 0 saturated carbocycles. The van der Waals surface area contributed by atoms with Gasteiger partial charge in [-0.2, -0.15) is 0 Å². The van der Waals surface area contributed by atoms with Gasteiger partial charge in [0.1, 0.15) is 23.3 Å². The molecule has 0 atom stereocenters. The molecule has 7 nitrogen and oxygen atoms in total. The maximum atomic E-state index is 14.8. The Morgan fingerprint density at radius 1 is 0.971 bits per heavy atom. The number of pyridine rings is 2. The Bertz CT molecular complexity index is 1450. The topological polar surface area (TPSA) is 88.1 Å². The molecule has 2 heterocycles. The SMILES string of the molecule is CCn1c(=O)c(-c2cc(NC(=O)Nc3ccc(F)cc3)c(F)cc2F)cc2cnc(NC)cc21. The molecule has 0 radical (unpaired) electrons. The fourth-order valence-electron chi connectivity index (χ4n) is 3.59.